The van der Waals surface area contributed by atoms with E-state index in [-0.39, 0.29) is 5.69 Å². The van der Waals surface area contributed by atoms with E-state index in [0.29, 0.717) is 16.0 Å². The highest BCUT2D eigenvalue weighted by molar-refractivity contribution is 9.10. The Morgan fingerprint density at radius 3 is 2.84 bits per heavy atom. The normalized spacial score (nSPS) is 10.4. The van der Waals surface area contributed by atoms with Crippen LogP contribution in [0.25, 0.3) is 0 Å². The van der Waals surface area contributed by atoms with E-state index in [1.807, 2.05) is 24.3 Å². The molecule has 0 bridgehead atoms. The van der Waals surface area contributed by atoms with E-state index >= 15 is 0 Å². The quantitative estimate of drug-likeness (QED) is 0.782. The van der Waals surface area contributed by atoms with Crippen LogP contribution in [0.1, 0.15) is 16.3 Å². The molecule has 0 amide bonds. The Labute approximate surface area is 130 Å². The molecule has 0 aliphatic heterocycles. The summed E-state index contributed by atoms with van der Waals surface area (Å²) in [6, 6.07) is 7.86. The SMILES string of the molecule is O=C(O)c1nc(CSc2cccc(Br)c2)ncc1Br. The summed E-state index contributed by atoms with van der Waals surface area (Å²) in [4.78, 5) is 20.2. The minimum absolute atomic E-state index is 0.0140. The second-order valence-corrected chi connectivity index (χ2v) is 6.35. The third-order valence-corrected chi connectivity index (χ3v) is 4.22. The Balaban J connectivity index is 2.12. The predicted octanol–water partition coefficient (Wildman–Crippen LogP) is 3.99. The summed E-state index contributed by atoms with van der Waals surface area (Å²) in [7, 11) is 0. The maximum atomic E-state index is 11.0. The van der Waals surface area contributed by atoms with Crippen molar-refractivity contribution in [2.75, 3.05) is 0 Å². The zero-order valence-electron chi connectivity index (χ0n) is 9.51. The lowest BCUT2D eigenvalue weighted by Crippen LogP contribution is -2.05. The van der Waals surface area contributed by atoms with Crippen molar-refractivity contribution in [1.82, 2.24) is 9.97 Å². The Bertz CT molecular complexity index is 622. The molecule has 19 heavy (non-hydrogen) atoms. The molecule has 0 saturated heterocycles. The minimum atomic E-state index is -1.07. The Morgan fingerprint density at radius 2 is 2.16 bits per heavy atom. The number of thioether (sulfide) groups is 1. The first-order chi connectivity index (χ1) is 9.06. The van der Waals surface area contributed by atoms with Crippen LogP contribution < -0.4 is 0 Å². The van der Waals surface area contributed by atoms with Gasteiger partial charge in [0.2, 0.25) is 0 Å². The number of rotatable bonds is 4. The Morgan fingerprint density at radius 1 is 1.37 bits per heavy atom. The van der Waals surface area contributed by atoms with Crippen molar-refractivity contribution in [1.29, 1.82) is 0 Å². The summed E-state index contributed by atoms with van der Waals surface area (Å²) in [5.41, 5.74) is -0.0140. The van der Waals surface area contributed by atoms with Crippen molar-refractivity contribution >= 4 is 49.6 Å². The molecule has 1 aromatic heterocycles. The van der Waals surface area contributed by atoms with Crippen molar-refractivity contribution in [3.05, 3.63) is 50.9 Å². The molecule has 0 radical (unpaired) electrons. The van der Waals surface area contributed by atoms with Crippen molar-refractivity contribution in [3.8, 4) is 0 Å². The highest BCUT2D eigenvalue weighted by Crippen LogP contribution is 2.25. The van der Waals surface area contributed by atoms with Gasteiger partial charge in [0.05, 0.1) is 10.2 Å². The lowest BCUT2D eigenvalue weighted by Gasteiger charge is -2.03. The fourth-order valence-corrected chi connectivity index (χ4v) is 3.06. The lowest BCUT2D eigenvalue weighted by atomic mass is 10.4. The number of carboxylic acid groups (broad SMARTS) is 1. The van der Waals surface area contributed by atoms with E-state index < -0.39 is 5.97 Å². The second-order valence-electron chi connectivity index (χ2n) is 3.53. The van der Waals surface area contributed by atoms with Gasteiger partial charge in [0.1, 0.15) is 5.82 Å². The monoisotopic (exact) mass is 402 g/mol. The number of aromatic carboxylic acids is 1. The number of hydrogen-bond donors (Lipinski definition) is 1. The van der Waals surface area contributed by atoms with E-state index in [4.69, 9.17) is 5.11 Å². The van der Waals surface area contributed by atoms with Gasteiger partial charge in [-0.25, -0.2) is 14.8 Å². The number of carbonyl (C=O) groups is 1. The Hall–Kier alpha value is -0.920. The molecule has 7 heteroatoms. The van der Waals surface area contributed by atoms with Crippen LogP contribution >= 0.6 is 43.6 Å². The maximum Gasteiger partial charge on any atom is 0.355 e. The maximum absolute atomic E-state index is 11.0. The fourth-order valence-electron chi connectivity index (χ4n) is 1.33. The van der Waals surface area contributed by atoms with Gasteiger partial charge in [-0.05, 0) is 34.1 Å². The molecule has 0 atom stereocenters. The van der Waals surface area contributed by atoms with Gasteiger partial charge < -0.3 is 5.11 Å². The van der Waals surface area contributed by atoms with E-state index in [9.17, 15) is 4.79 Å². The van der Waals surface area contributed by atoms with Crippen LogP contribution in [0.2, 0.25) is 0 Å². The number of benzene rings is 1. The minimum Gasteiger partial charge on any atom is -0.476 e. The van der Waals surface area contributed by atoms with E-state index in [2.05, 4.69) is 41.8 Å². The standard InChI is InChI=1S/C12H8Br2N2O2S/c13-7-2-1-3-8(4-7)19-6-10-15-5-9(14)11(16-10)12(17)18/h1-5H,6H2,(H,17,18). The smallest absolute Gasteiger partial charge is 0.355 e. The van der Waals surface area contributed by atoms with E-state index in [1.54, 1.807) is 11.8 Å². The van der Waals surface area contributed by atoms with Gasteiger partial charge >= 0.3 is 5.97 Å². The molecule has 1 heterocycles. The zero-order valence-corrected chi connectivity index (χ0v) is 13.5. The van der Waals surface area contributed by atoms with E-state index in [0.717, 1.165) is 9.37 Å². The summed E-state index contributed by atoms with van der Waals surface area (Å²) in [5.74, 6) is -0.0575. The molecular weight excluding hydrogens is 396 g/mol. The molecule has 1 aromatic carbocycles. The number of nitrogens with zero attached hydrogens (tertiary/aromatic N) is 2. The molecule has 0 saturated carbocycles. The molecular formula is C12H8Br2N2O2S. The van der Waals surface area contributed by atoms with Crippen LogP contribution in [0.5, 0.6) is 0 Å². The number of hydrogen-bond acceptors (Lipinski definition) is 4. The number of aromatic nitrogens is 2. The molecule has 0 spiro atoms. The topological polar surface area (TPSA) is 63.1 Å². The average Bonchev–Trinajstić information content (AvgIpc) is 2.37. The van der Waals surface area contributed by atoms with Gasteiger partial charge in [-0.3, -0.25) is 0 Å². The van der Waals surface area contributed by atoms with Crippen molar-refractivity contribution in [2.45, 2.75) is 10.6 Å². The summed E-state index contributed by atoms with van der Waals surface area (Å²) >= 11 is 8.07. The van der Waals surface area contributed by atoms with E-state index in [1.165, 1.54) is 6.20 Å². The van der Waals surface area contributed by atoms with Crippen LogP contribution in [0, 0.1) is 0 Å². The number of halogens is 2. The molecule has 0 fully saturated rings. The molecule has 98 valence electrons. The molecule has 2 aromatic rings. The molecule has 4 nitrogen and oxygen atoms in total. The van der Waals surface area contributed by atoms with Gasteiger partial charge in [-0.2, -0.15) is 0 Å². The summed E-state index contributed by atoms with van der Waals surface area (Å²) < 4.78 is 1.39. The zero-order chi connectivity index (χ0) is 13.8. The highest BCUT2D eigenvalue weighted by atomic mass is 79.9. The van der Waals surface area contributed by atoms with Gasteiger partial charge in [0.15, 0.2) is 5.69 Å². The van der Waals surface area contributed by atoms with Crippen molar-refractivity contribution in [3.63, 3.8) is 0 Å². The van der Waals surface area contributed by atoms with Crippen LogP contribution in [0.3, 0.4) is 0 Å². The molecule has 0 unspecified atom stereocenters. The molecule has 1 N–H and O–H groups in total. The lowest BCUT2D eigenvalue weighted by molar-refractivity contribution is 0.0689. The second kappa shape index (κ2) is 6.49. The molecule has 0 aliphatic carbocycles. The van der Waals surface area contributed by atoms with Crippen molar-refractivity contribution in [2.24, 2.45) is 0 Å². The first-order valence-electron chi connectivity index (χ1n) is 5.19. The highest BCUT2D eigenvalue weighted by Gasteiger charge is 2.12. The third-order valence-electron chi connectivity index (χ3n) is 2.16. The molecule has 2 rings (SSSR count). The first kappa shape index (κ1) is 14.5. The third kappa shape index (κ3) is 4.02. The summed E-state index contributed by atoms with van der Waals surface area (Å²) in [6.07, 6.45) is 1.47. The fraction of sp³-hybridized carbons (Fsp3) is 0.0833. The van der Waals surface area contributed by atoms with Gasteiger partial charge in [0.25, 0.3) is 0 Å². The predicted molar refractivity (Wildman–Crippen MR) is 80.4 cm³/mol. The van der Waals surface area contributed by atoms with Crippen LogP contribution in [-0.2, 0) is 5.75 Å². The van der Waals surface area contributed by atoms with Crippen molar-refractivity contribution < 1.29 is 9.90 Å². The van der Waals surface area contributed by atoms with Gasteiger partial charge in [-0.15, -0.1) is 11.8 Å². The van der Waals surface area contributed by atoms with Crippen LogP contribution in [0.15, 0.2) is 44.3 Å². The summed E-state index contributed by atoms with van der Waals surface area (Å²) in [6.45, 7) is 0. The van der Waals surface area contributed by atoms with Crippen LogP contribution in [0.4, 0.5) is 0 Å². The largest absolute Gasteiger partial charge is 0.476 e. The van der Waals surface area contributed by atoms with Gasteiger partial charge in [-0.1, -0.05) is 22.0 Å². The number of carboxylic acids is 1. The summed E-state index contributed by atoms with van der Waals surface area (Å²) in [5, 5.41) is 8.98. The average molecular weight is 404 g/mol. The van der Waals surface area contributed by atoms with Gasteiger partial charge in [0, 0.05) is 15.6 Å². The molecule has 0 aliphatic rings. The van der Waals surface area contributed by atoms with Crippen LogP contribution in [-0.4, -0.2) is 21.0 Å². The first-order valence-corrected chi connectivity index (χ1v) is 7.76. The Kier molecular flexibility index (Phi) is 4.95.